The molecule has 7 aromatic carbocycles. The van der Waals surface area contributed by atoms with Crippen molar-refractivity contribution < 1.29 is 4.74 Å². The van der Waals surface area contributed by atoms with E-state index in [9.17, 15) is 0 Å². The highest BCUT2D eigenvalue weighted by atomic mass is 16.5. The van der Waals surface area contributed by atoms with Crippen molar-refractivity contribution in [2.75, 3.05) is 0 Å². The zero-order valence-electron chi connectivity index (χ0n) is 22.7. The van der Waals surface area contributed by atoms with Crippen LogP contribution in [0.3, 0.4) is 0 Å². The molecule has 0 radical (unpaired) electrons. The molecule has 0 saturated heterocycles. The Morgan fingerprint density at radius 2 is 1.00 bits per heavy atom. The van der Waals surface area contributed by atoms with Gasteiger partial charge in [0.1, 0.15) is 11.5 Å². The van der Waals surface area contributed by atoms with Crippen molar-refractivity contribution >= 4 is 21.5 Å². The molecule has 1 aliphatic heterocycles. The monoisotopic (exact) mass is 522 g/mol. The lowest BCUT2D eigenvalue weighted by molar-refractivity contribution is 0.447. The highest BCUT2D eigenvalue weighted by molar-refractivity contribution is 6.02. The van der Waals surface area contributed by atoms with Gasteiger partial charge in [-0.15, -0.1) is 0 Å². The standard InChI is InChI=1S/C40H26O/c1-25-17-19-28(20-18-25)29-14-8-16-34-37(29)32-13-6-7-15-33(32)40(34)35-23-21-26-9-2-4-11-30(26)38(35)41-39-31-12-5-3-10-27(31)22-24-36(39)40/h2-24H,1H3. The third kappa shape index (κ3) is 2.90. The Bertz CT molecular complexity index is 2100. The Morgan fingerprint density at radius 1 is 0.439 bits per heavy atom. The Kier molecular flexibility index (Phi) is 4.52. The zero-order chi connectivity index (χ0) is 27.1. The minimum Gasteiger partial charge on any atom is -0.455 e. The quantitative estimate of drug-likeness (QED) is 0.208. The van der Waals surface area contributed by atoms with Crippen LogP contribution in [0.5, 0.6) is 11.5 Å². The molecule has 0 bridgehead atoms. The van der Waals surface area contributed by atoms with Crippen LogP contribution in [0, 0.1) is 6.92 Å². The van der Waals surface area contributed by atoms with Crippen LogP contribution in [0.15, 0.2) is 140 Å². The van der Waals surface area contributed by atoms with Gasteiger partial charge >= 0.3 is 0 Å². The van der Waals surface area contributed by atoms with Crippen LogP contribution in [0.4, 0.5) is 0 Å². The Labute approximate surface area is 239 Å². The van der Waals surface area contributed by atoms with Crippen LogP contribution in [-0.2, 0) is 5.41 Å². The molecular formula is C40H26O. The van der Waals surface area contributed by atoms with E-state index in [1.807, 2.05) is 0 Å². The number of rotatable bonds is 1. The lowest BCUT2D eigenvalue weighted by Crippen LogP contribution is -2.32. The molecule has 1 heteroatoms. The molecule has 0 aromatic heterocycles. The second-order valence-corrected chi connectivity index (χ2v) is 11.3. The minimum absolute atomic E-state index is 0.510. The summed E-state index contributed by atoms with van der Waals surface area (Å²) in [5.74, 6) is 1.91. The summed E-state index contributed by atoms with van der Waals surface area (Å²) in [6.45, 7) is 2.15. The van der Waals surface area contributed by atoms with Crippen molar-refractivity contribution in [1.29, 1.82) is 0 Å². The average molecular weight is 523 g/mol. The van der Waals surface area contributed by atoms with Crippen LogP contribution in [0.2, 0.25) is 0 Å². The summed E-state index contributed by atoms with van der Waals surface area (Å²) in [5, 5.41) is 4.65. The number of ether oxygens (including phenoxy) is 1. The molecule has 41 heavy (non-hydrogen) atoms. The van der Waals surface area contributed by atoms with Gasteiger partial charge in [0.25, 0.3) is 0 Å². The van der Waals surface area contributed by atoms with Crippen molar-refractivity contribution in [2.45, 2.75) is 12.3 Å². The average Bonchev–Trinajstić information content (AvgIpc) is 3.32. The van der Waals surface area contributed by atoms with Gasteiger partial charge in [-0.3, -0.25) is 0 Å². The minimum atomic E-state index is -0.510. The molecule has 7 aromatic rings. The lowest BCUT2D eigenvalue weighted by atomic mass is 9.65. The molecular weight excluding hydrogens is 496 g/mol. The maximum absolute atomic E-state index is 7.05. The van der Waals surface area contributed by atoms with Gasteiger partial charge in [-0.2, -0.15) is 0 Å². The van der Waals surface area contributed by atoms with E-state index in [-0.39, 0.29) is 0 Å². The van der Waals surface area contributed by atoms with Gasteiger partial charge in [-0.25, -0.2) is 0 Å². The first-order chi connectivity index (χ1) is 20.2. The van der Waals surface area contributed by atoms with E-state index in [0.717, 1.165) is 22.3 Å². The van der Waals surface area contributed by atoms with Gasteiger partial charge in [0, 0.05) is 21.9 Å². The maximum atomic E-state index is 7.05. The number of hydrogen-bond acceptors (Lipinski definition) is 1. The van der Waals surface area contributed by atoms with Gasteiger partial charge in [-0.1, -0.05) is 145 Å². The first-order valence-corrected chi connectivity index (χ1v) is 14.3. The van der Waals surface area contributed by atoms with E-state index in [1.54, 1.807) is 0 Å². The highest BCUT2D eigenvalue weighted by Crippen LogP contribution is 2.64. The molecule has 1 nitrogen and oxygen atoms in total. The number of fused-ring (bicyclic) bond motifs is 13. The first-order valence-electron chi connectivity index (χ1n) is 14.3. The van der Waals surface area contributed by atoms with Gasteiger partial charge in [0.15, 0.2) is 0 Å². The summed E-state index contributed by atoms with van der Waals surface area (Å²) in [7, 11) is 0. The molecule has 9 rings (SSSR count). The second-order valence-electron chi connectivity index (χ2n) is 11.3. The molecule has 192 valence electrons. The van der Waals surface area contributed by atoms with Crippen molar-refractivity contribution in [3.8, 4) is 33.8 Å². The number of benzene rings is 7. The van der Waals surface area contributed by atoms with Gasteiger partial charge in [0.2, 0.25) is 0 Å². The third-order valence-electron chi connectivity index (χ3n) is 9.20. The second kappa shape index (κ2) is 8.19. The predicted octanol–water partition coefficient (Wildman–Crippen LogP) is 10.4. The van der Waals surface area contributed by atoms with E-state index < -0.39 is 5.41 Å². The van der Waals surface area contributed by atoms with Crippen LogP contribution in [-0.4, -0.2) is 0 Å². The number of aryl methyl sites for hydroxylation is 1. The zero-order valence-corrected chi connectivity index (χ0v) is 22.7. The Hall–Kier alpha value is -5.14. The Morgan fingerprint density at radius 3 is 1.68 bits per heavy atom. The molecule has 0 saturated carbocycles. The summed E-state index contributed by atoms with van der Waals surface area (Å²) in [6, 6.07) is 51.1. The van der Waals surface area contributed by atoms with Gasteiger partial charge < -0.3 is 4.74 Å². The number of hydrogen-bond donors (Lipinski definition) is 0. The molecule has 0 fully saturated rings. The largest absolute Gasteiger partial charge is 0.455 e. The summed E-state index contributed by atoms with van der Waals surface area (Å²) in [6.07, 6.45) is 0. The van der Waals surface area contributed by atoms with Crippen molar-refractivity contribution in [3.63, 3.8) is 0 Å². The third-order valence-corrected chi connectivity index (χ3v) is 9.20. The van der Waals surface area contributed by atoms with E-state index in [0.29, 0.717) is 0 Å². The van der Waals surface area contributed by atoms with Crippen molar-refractivity contribution in [3.05, 3.63) is 167 Å². The fourth-order valence-electron chi connectivity index (χ4n) is 7.43. The molecule has 1 spiro atoms. The molecule has 2 aliphatic rings. The molecule has 1 heterocycles. The Balaban J connectivity index is 1.49. The molecule has 0 N–H and O–H groups in total. The maximum Gasteiger partial charge on any atom is 0.140 e. The fraction of sp³-hybridized carbons (Fsp3) is 0.0500. The van der Waals surface area contributed by atoms with Crippen LogP contribution in [0.1, 0.15) is 27.8 Å². The summed E-state index contributed by atoms with van der Waals surface area (Å²) in [5.41, 5.74) is 10.9. The molecule has 1 aliphatic carbocycles. The van der Waals surface area contributed by atoms with Gasteiger partial charge in [-0.05, 0) is 51.1 Å². The fourth-order valence-corrected chi connectivity index (χ4v) is 7.43. The van der Waals surface area contributed by atoms with Crippen LogP contribution >= 0.6 is 0 Å². The lowest BCUT2D eigenvalue weighted by Gasteiger charge is -2.40. The van der Waals surface area contributed by atoms with Crippen molar-refractivity contribution in [1.82, 2.24) is 0 Å². The van der Waals surface area contributed by atoms with E-state index in [4.69, 9.17) is 4.74 Å². The summed E-state index contributed by atoms with van der Waals surface area (Å²) in [4.78, 5) is 0. The first kappa shape index (κ1) is 22.7. The predicted molar refractivity (Wildman–Crippen MR) is 169 cm³/mol. The highest BCUT2D eigenvalue weighted by Gasteiger charge is 2.52. The topological polar surface area (TPSA) is 9.23 Å². The smallest absolute Gasteiger partial charge is 0.140 e. The molecule has 0 atom stereocenters. The van der Waals surface area contributed by atoms with E-state index >= 15 is 0 Å². The van der Waals surface area contributed by atoms with Crippen LogP contribution in [0.25, 0.3) is 43.8 Å². The van der Waals surface area contributed by atoms with E-state index in [2.05, 4.69) is 146 Å². The molecule has 0 amide bonds. The SMILES string of the molecule is Cc1ccc(-c2cccc3c2-c2ccccc2C32c3ccc4ccccc4c3Oc3c2ccc2ccccc32)cc1. The summed E-state index contributed by atoms with van der Waals surface area (Å²) >= 11 is 0. The van der Waals surface area contributed by atoms with Crippen LogP contribution < -0.4 is 4.74 Å². The normalized spacial score (nSPS) is 13.9. The molecule has 0 unspecified atom stereocenters. The summed E-state index contributed by atoms with van der Waals surface area (Å²) < 4.78 is 7.05. The van der Waals surface area contributed by atoms with E-state index in [1.165, 1.54) is 60.8 Å². The van der Waals surface area contributed by atoms with Crippen molar-refractivity contribution in [2.24, 2.45) is 0 Å². The van der Waals surface area contributed by atoms with Gasteiger partial charge in [0.05, 0.1) is 5.41 Å².